The predicted octanol–water partition coefficient (Wildman–Crippen LogP) is 3.66. The van der Waals surface area contributed by atoms with Crippen LogP contribution in [0.25, 0.3) is 0 Å². The van der Waals surface area contributed by atoms with E-state index in [1.54, 1.807) is 0 Å². The van der Waals surface area contributed by atoms with E-state index in [1.807, 2.05) is 55.5 Å². The minimum absolute atomic E-state index is 0.688. The van der Waals surface area contributed by atoms with Crippen molar-refractivity contribution < 1.29 is 4.43 Å². The van der Waals surface area contributed by atoms with Crippen LogP contribution in [-0.4, -0.2) is 8.32 Å². The summed E-state index contributed by atoms with van der Waals surface area (Å²) >= 11 is 0. The number of terminal acetylenes is 1. The summed E-state index contributed by atoms with van der Waals surface area (Å²) in [6.07, 6.45) is 5.77. The molecule has 0 aromatic heterocycles. The van der Waals surface area contributed by atoms with E-state index in [0.717, 1.165) is 5.56 Å². The first-order valence-electron chi connectivity index (χ1n) is 6.77. The van der Waals surface area contributed by atoms with Crippen molar-refractivity contribution in [3.05, 3.63) is 66.2 Å². The van der Waals surface area contributed by atoms with Crippen LogP contribution in [0, 0.1) is 12.3 Å². The smallest absolute Gasteiger partial charge is 0.220 e. The molecule has 0 aliphatic rings. The zero-order valence-electron chi connectivity index (χ0n) is 12.3. The molecule has 1 unspecified atom stereocenters. The summed E-state index contributed by atoms with van der Waals surface area (Å²) in [7, 11) is -2.06. The Kier molecular flexibility index (Phi) is 4.13. The van der Waals surface area contributed by atoms with Crippen molar-refractivity contribution in [3.8, 4) is 12.3 Å². The van der Waals surface area contributed by atoms with Gasteiger partial charge in [0.05, 0.1) is 0 Å². The van der Waals surface area contributed by atoms with Gasteiger partial charge in [0.25, 0.3) is 0 Å². The van der Waals surface area contributed by atoms with Crippen molar-refractivity contribution >= 4 is 13.5 Å². The molecule has 0 saturated heterocycles. The standard InChI is InChI=1S/C18H20OSi/c1-5-18(2,16-12-8-6-9-13-16)19-20(3,4)17-14-10-7-11-15-17/h1,6-15H,2-4H3. The lowest BCUT2D eigenvalue weighted by atomic mass is 9.97. The van der Waals surface area contributed by atoms with Gasteiger partial charge in [-0.2, -0.15) is 0 Å². The third-order valence-electron chi connectivity index (χ3n) is 3.53. The van der Waals surface area contributed by atoms with Crippen LogP contribution in [0.1, 0.15) is 12.5 Å². The fourth-order valence-corrected chi connectivity index (χ4v) is 4.65. The SMILES string of the molecule is C#CC(C)(O[Si](C)(C)c1ccccc1)c1ccccc1. The van der Waals surface area contributed by atoms with E-state index in [9.17, 15) is 0 Å². The van der Waals surface area contributed by atoms with Gasteiger partial charge in [0.2, 0.25) is 8.32 Å². The molecule has 2 aromatic carbocycles. The van der Waals surface area contributed by atoms with E-state index in [4.69, 9.17) is 10.8 Å². The van der Waals surface area contributed by atoms with Crippen LogP contribution in [0.15, 0.2) is 60.7 Å². The summed E-state index contributed by atoms with van der Waals surface area (Å²) in [6.45, 7) is 6.34. The highest BCUT2D eigenvalue weighted by Gasteiger charge is 2.35. The van der Waals surface area contributed by atoms with Gasteiger partial charge in [-0.25, -0.2) is 0 Å². The Morgan fingerprint density at radius 2 is 1.45 bits per heavy atom. The molecule has 1 atom stereocenters. The molecular formula is C18H20OSi. The summed E-state index contributed by atoms with van der Waals surface area (Å²) in [5, 5.41) is 1.25. The first-order chi connectivity index (χ1) is 9.48. The number of hydrogen-bond acceptors (Lipinski definition) is 1. The summed E-state index contributed by atoms with van der Waals surface area (Å²) in [5.74, 6) is 2.83. The van der Waals surface area contributed by atoms with E-state index in [1.165, 1.54) is 5.19 Å². The number of rotatable bonds is 4. The minimum atomic E-state index is -2.06. The summed E-state index contributed by atoms with van der Waals surface area (Å²) < 4.78 is 6.45. The first kappa shape index (κ1) is 14.6. The van der Waals surface area contributed by atoms with E-state index < -0.39 is 13.9 Å². The van der Waals surface area contributed by atoms with Crippen molar-refractivity contribution in [3.63, 3.8) is 0 Å². The molecule has 0 N–H and O–H groups in total. The van der Waals surface area contributed by atoms with E-state index in [-0.39, 0.29) is 0 Å². The van der Waals surface area contributed by atoms with Crippen LogP contribution in [0.4, 0.5) is 0 Å². The molecule has 0 aliphatic heterocycles. The first-order valence-corrected chi connectivity index (χ1v) is 9.68. The third kappa shape index (κ3) is 3.01. The van der Waals surface area contributed by atoms with Crippen molar-refractivity contribution in [1.82, 2.24) is 0 Å². The van der Waals surface area contributed by atoms with Gasteiger partial charge in [0, 0.05) is 0 Å². The second-order valence-electron chi connectivity index (χ2n) is 5.52. The Hall–Kier alpha value is -1.82. The molecule has 2 heteroatoms. The van der Waals surface area contributed by atoms with Gasteiger partial charge in [0.1, 0.15) is 5.60 Å². The van der Waals surface area contributed by atoms with E-state index in [2.05, 4.69) is 31.1 Å². The second kappa shape index (κ2) is 5.66. The zero-order chi connectivity index (χ0) is 14.6. The maximum atomic E-state index is 6.45. The van der Waals surface area contributed by atoms with Gasteiger partial charge in [0.15, 0.2) is 0 Å². The number of hydrogen-bond donors (Lipinski definition) is 0. The van der Waals surface area contributed by atoms with Crippen molar-refractivity contribution in [2.45, 2.75) is 25.6 Å². The van der Waals surface area contributed by atoms with Gasteiger partial charge in [-0.05, 0) is 30.8 Å². The van der Waals surface area contributed by atoms with E-state index in [0.29, 0.717) is 0 Å². The van der Waals surface area contributed by atoms with Crippen LogP contribution >= 0.6 is 0 Å². The zero-order valence-corrected chi connectivity index (χ0v) is 13.3. The van der Waals surface area contributed by atoms with Gasteiger partial charge in [-0.3, -0.25) is 0 Å². The molecule has 0 amide bonds. The molecule has 2 rings (SSSR count). The average molecular weight is 280 g/mol. The van der Waals surface area contributed by atoms with E-state index >= 15 is 0 Å². The molecular weight excluding hydrogens is 260 g/mol. The predicted molar refractivity (Wildman–Crippen MR) is 87.3 cm³/mol. The fraction of sp³-hybridized carbons (Fsp3) is 0.222. The molecule has 0 aliphatic carbocycles. The van der Waals surface area contributed by atoms with Crippen LogP contribution < -0.4 is 5.19 Å². The van der Waals surface area contributed by atoms with Crippen LogP contribution in [-0.2, 0) is 10.0 Å². The lowest BCUT2D eigenvalue weighted by molar-refractivity contribution is 0.146. The monoisotopic (exact) mass is 280 g/mol. The third-order valence-corrected chi connectivity index (χ3v) is 6.17. The van der Waals surface area contributed by atoms with Gasteiger partial charge < -0.3 is 4.43 Å². The molecule has 2 aromatic rings. The highest BCUT2D eigenvalue weighted by atomic mass is 28.4. The molecule has 0 fully saturated rings. The molecule has 0 radical (unpaired) electrons. The van der Waals surface area contributed by atoms with Crippen molar-refractivity contribution in [2.75, 3.05) is 0 Å². The normalized spacial score (nSPS) is 14.3. The molecule has 0 saturated carbocycles. The quantitative estimate of drug-likeness (QED) is 0.613. The average Bonchev–Trinajstić information content (AvgIpc) is 2.48. The Morgan fingerprint density at radius 3 is 1.95 bits per heavy atom. The van der Waals surface area contributed by atoms with Crippen LogP contribution in [0.5, 0.6) is 0 Å². The topological polar surface area (TPSA) is 9.23 Å². The fourth-order valence-electron chi connectivity index (χ4n) is 2.34. The number of benzene rings is 2. The molecule has 20 heavy (non-hydrogen) atoms. The Morgan fingerprint density at radius 1 is 0.950 bits per heavy atom. The lowest BCUT2D eigenvalue weighted by Crippen LogP contribution is -2.49. The van der Waals surface area contributed by atoms with Gasteiger partial charge >= 0.3 is 0 Å². The largest absolute Gasteiger partial charge is 0.393 e. The Balaban J connectivity index is 2.34. The van der Waals surface area contributed by atoms with Crippen LogP contribution in [0.3, 0.4) is 0 Å². The van der Waals surface area contributed by atoms with Gasteiger partial charge in [-0.15, -0.1) is 6.42 Å². The minimum Gasteiger partial charge on any atom is -0.393 e. The lowest BCUT2D eigenvalue weighted by Gasteiger charge is -2.34. The maximum Gasteiger partial charge on any atom is 0.220 e. The molecule has 0 bridgehead atoms. The highest BCUT2D eigenvalue weighted by Crippen LogP contribution is 2.28. The highest BCUT2D eigenvalue weighted by molar-refractivity contribution is 6.84. The summed E-state index contributed by atoms with van der Waals surface area (Å²) in [4.78, 5) is 0. The molecule has 102 valence electrons. The van der Waals surface area contributed by atoms with Crippen LogP contribution in [0.2, 0.25) is 13.1 Å². The summed E-state index contributed by atoms with van der Waals surface area (Å²) in [6, 6.07) is 20.4. The van der Waals surface area contributed by atoms with Crippen molar-refractivity contribution in [2.24, 2.45) is 0 Å². The second-order valence-corrected chi connectivity index (χ2v) is 9.32. The Bertz CT molecular complexity index is 598. The molecule has 0 heterocycles. The maximum absolute atomic E-state index is 6.45. The molecule has 1 nitrogen and oxygen atoms in total. The van der Waals surface area contributed by atoms with Crippen molar-refractivity contribution in [1.29, 1.82) is 0 Å². The summed E-state index contributed by atoms with van der Waals surface area (Å²) in [5.41, 5.74) is 0.339. The van der Waals surface area contributed by atoms with Gasteiger partial charge in [-0.1, -0.05) is 66.6 Å². The Labute approximate surface area is 122 Å². The molecule has 0 spiro atoms.